The maximum absolute atomic E-state index is 13.2. The smallest absolute Gasteiger partial charge is 0.341 e. The van der Waals surface area contributed by atoms with Gasteiger partial charge in [0.2, 0.25) is 5.91 Å². The first-order valence-electron chi connectivity index (χ1n) is 10.4. The van der Waals surface area contributed by atoms with Crippen molar-refractivity contribution in [3.05, 3.63) is 34.9 Å². The van der Waals surface area contributed by atoms with Gasteiger partial charge < -0.3 is 15.1 Å². The van der Waals surface area contributed by atoms with Crippen molar-refractivity contribution in [2.24, 2.45) is 0 Å². The molecule has 0 aromatic heterocycles. The summed E-state index contributed by atoms with van der Waals surface area (Å²) in [6.45, 7) is 1.52. The maximum atomic E-state index is 13.2. The summed E-state index contributed by atoms with van der Waals surface area (Å²) in [4.78, 5) is 27.3. The Bertz CT molecular complexity index is 728. The van der Waals surface area contributed by atoms with E-state index in [0.29, 0.717) is 24.3 Å². The normalized spacial score (nSPS) is 19.6. The molecule has 9 heteroatoms. The van der Waals surface area contributed by atoms with E-state index in [9.17, 15) is 22.8 Å². The van der Waals surface area contributed by atoms with Gasteiger partial charge in [0, 0.05) is 37.2 Å². The molecule has 2 aliphatic heterocycles. The summed E-state index contributed by atoms with van der Waals surface area (Å²) in [5, 5.41) is 3.99. The number of amides is 2. The van der Waals surface area contributed by atoms with Crippen molar-refractivity contribution in [2.75, 3.05) is 26.2 Å². The molecule has 1 N–H and O–H groups in total. The van der Waals surface area contributed by atoms with E-state index < -0.39 is 18.1 Å². The standard InChI is InChI=1S/C21H27ClF3N3O2/c22-16-6-4-15(5-7-16)14-18(19(29)27-10-2-1-3-11-27)26-17-8-12-28(13-9-17)20(30)21(23,24)25/h4-7,17-18,26H,1-3,8-14H2/t18-/m1/s1. The Morgan fingerprint density at radius 3 is 2.17 bits per heavy atom. The van der Waals surface area contributed by atoms with E-state index in [1.54, 1.807) is 12.1 Å². The van der Waals surface area contributed by atoms with Gasteiger partial charge >= 0.3 is 12.1 Å². The van der Waals surface area contributed by atoms with Crippen molar-refractivity contribution in [3.63, 3.8) is 0 Å². The topological polar surface area (TPSA) is 52.7 Å². The molecule has 0 aliphatic carbocycles. The van der Waals surface area contributed by atoms with Crippen molar-refractivity contribution < 1.29 is 22.8 Å². The van der Waals surface area contributed by atoms with Crippen LogP contribution in [0.5, 0.6) is 0 Å². The number of benzene rings is 1. The molecule has 1 aromatic carbocycles. The number of rotatable bonds is 5. The summed E-state index contributed by atoms with van der Waals surface area (Å²) in [5.41, 5.74) is 0.965. The number of likely N-dealkylation sites (tertiary alicyclic amines) is 2. The average molecular weight is 446 g/mol. The molecule has 3 rings (SSSR count). The first kappa shape index (κ1) is 22.9. The zero-order chi connectivity index (χ0) is 21.7. The monoisotopic (exact) mass is 445 g/mol. The Hall–Kier alpha value is -1.80. The third-order valence-electron chi connectivity index (χ3n) is 5.78. The van der Waals surface area contributed by atoms with Crippen LogP contribution in [-0.4, -0.2) is 66.1 Å². The number of hydrogen-bond acceptors (Lipinski definition) is 3. The second-order valence-corrected chi connectivity index (χ2v) is 8.44. The molecule has 2 aliphatic rings. The third-order valence-corrected chi connectivity index (χ3v) is 6.03. The minimum atomic E-state index is -4.85. The fourth-order valence-electron chi connectivity index (χ4n) is 4.12. The summed E-state index contributed by atoms with van der Waals surface area (Å²) in [5.74, 6) is -1.76. The Kier molecular flexibility index (Phi) is 7.63. The number of halogens is 4. The number of carbonyl (C=O) groups excluding carboxylic acids is 2. The molecule has 0 bridgehead atoms. The first-order valence-corrected chi connectivity index (χ1v) is 10.8. The zero-order valence-corrected chi connectivity index (χ0v) is 17.5. The molecule has 30 heavy (non-hydrogen) atoms. The van der Waals surface area contributed by atoms with E-state index in [0.717, 1.165) is 42.8 Å². The van der Waals surface area contributed by atoms with E-state index in [4.69, 9.17) is 11.6 Å². The molecule has 2 fully saturated rings. The van der Waals surface area contributed by atoms with Crippen LogP contribution in [0.4, 0.5) is 13.2 Å². The van der Waals surface area contributed by atoms with Crippen molar-refractivity contribution in [3.8, 4) is 0 Å². The predicted octanol–water partition coefficient (Wildman–Crippen LogP) is 3.41. The van der Waals surface area contributed by atoms with Crippen molar-refractivity contribution in [1.82, 2.24) is 15.1 Å². The number of carbonyl (C=O) groups is 2. The molecule has 0 unspecified atom stereocenters. The molecule has 0 spiro atoms. The van der Waals surface area contributed by atoms with Crippen molar-refractivity contribution in [2.45, 2.75) is 56.8 Å². The van der Waals surface area contributed by atoms with Gasteiger partial charge in [0.1, 0.15) is 0 Å². The van der Waals surface area contributed by atoms with Gasteiger partial charge in [-0.05, 0) is 56.2 Å². The van der Waals surface area contributed by atoms with Crippen LogP contribution in [0.2, 0.25) is 5.02 Å². The summed E-state index contributed by atoms with van der Waals surface area (Å²) in [6.07, 6.45) is -0.520. The van der Waals surface area contributed by atoms with Crippen LogP contribution in [0, 0.1) is 0 Å². The number of nitrogens with one attached hydrogen (secondary N) is 1. The Labute approximate surface area is 179 Å². The van der Waals surface area contributed by atoms with E-state index in [1.807, 2.05) is 17.0 Å². The average Bonchev–Trinajstić information content (AvgIpc) is 2.74. The highest BCUT2D eigenvalue weighted by atomic mass is 35.5. The number of nitrogens with zero attached hydrogens (tertiary/aromatic N) is 2. The van der Waals surface area contributed by atoms with Crippen LogP contribution in [-0.2, 0) is 16.0 Å². The second-order valence-electron chi connectivity index (χ2n) is 8.00. The highest BCUT2D eigenvalue weighted by Gasteiger charge is 2.43. The van der Waals surface area contributed by atoms with Crippen LogP contribution in [0.1, 0.15) is 37.7 Å². The fraction of sp³-hybridized carbons (Fsp3) is 0.619. The quantitative estimate of drug-likeness (QED) is 0.755. The van der Waals surface area contributed by atoms with Crippen molar-refractivity contribution in [1.29, 1.82) is 0 Å². The van der Waals surface area contributed by atoms with Gasteiger partial charge in [-0.2, -0.15) is 13.2 Å². The maximum Gasteiger partial charge on any atom is 0.471 e. The van der Waals surface area contributed by atoms with E-state index in [1.165, 1.54) is 0 Å². The molecule has 2 amide bonds. The van der Waals surface area contributed by atoms with E-state index >= 15 is 0 Å². The molecule has 166 valence electrons. The molecule has 1 atom stereocenters. The highest BCUT2D eigenvalue weighted by molar-refractivity contribution is 6.30. The lowest BCUT2D eigenvalue weighted by molar-refractivity contribution is -0.186. The predicted molar refractivity (Wildman–Crippen MR) is 108 cm³/mol. The number of piperidine rings is 2. The SMILES string of the molecule is O=C([C@@H](Cc1ccc(Cl)cc1)NC1CCN(C(=O)C(F)(F)F)CC1)N1CCCCC1. The van der Waals surface area contributed by atoms with Gasteiger partial charge in [0.15, 0.2) is 0 Å². The van der Waals surface area contributed by atoms with Gasteiger partial charge in [-0.25, -0.2) is 0 Å². The highest BCUT2D eigenvalue weighted by Crippen LogP contribution is 2.22. The van der Waals surface area contributed by atoms with Gasteiger partial charge in [-0.15, -0.1) is 0 Å². The van der Waals surface area contributed by atoms with Crippen molar-refractivity contribution >= 4 is 23.4 Å². The van der Waals surface area contributed by atoms with Gasteiger partial charge in [-0.3, -0.25) is 9.59 Å². The number of hydrogen-bond donors (Lipinski definition) is 1. The third kappa shape index (κ3) is 6.11. The number of alkyl halides is 3. The molecule has 0 radical (unpaired) electrons. The molecule has 2 heterocycles. The van der Waals surface area contributed by atoms with Crippen LogP contribution in [0.25, 0.3) is 0 Å². The first-order chi connectivity index (χ1) is 14.2. The molecule has 2 saturated heterocycles. The molecule has 1 aromatic rings. The lowest BCUT2D eigenvalue weighted by atomic mass is 9.99. The zero-order valence-electron chi connectivity index (χ0n) is 16.8. The summed E-state index contributed by atoms with van der Waals surface area (Å²) in [7, 11) is 0. The molecule has 5 nitrogen and oxygen atoms in total. The minimum absolute atomic E-state index is 0.0263. The van der Waals surface area contributed by atoms with Gasteiger partial charge in [-0.1, -0.05) is 23.7 Å². The van der Waals surface area contributed by atoms with Gasteiger partial charge in [0.25, 0.3) is 0 Å². The summed E-state index contributed by atoms with van der Waals surface area (Å²) < 4.78 is 38.0. The lowest BCUT2D eigenvalue weighted by Crippen LogP contribution is -2.55. The summed E-state index contributed by atoms with van der Waals surface area (Å²) >= 11 is 5.96. The largest absolute Gasteiger partial charge is 0.471 e. The van der Waals surface area contributed by atoms with Crippen LogP contribution >= 0.6 is 11.6 Å². The lowest BCUT2D eigenvalue weighted by Gasteiger charge is -2.36. The van der Waals surface area contributed by atoms with Crippen LogP contribution in [0.15, 0.2) is 24.3 Å². The molecule has 0 saturated carbocycles. The van der Waals surface area contributed by atoms with E-state index in [2.05, 4.69) is 5.32 Å². The second kappa shape index (κ2) is 10.0. The molecular formula is C21H27ClF3N3O2. The van der Waals surface area contributed by atoms with Gasteiger partial charge in [0.05, 0.1) is 6.04 Å². The Morgan fingerprint density at radius 2 is 1.60 bits per heavy atom. The fourth-order valence-corrected chi connectivity index (χ4v) is 4.25. The van der Waals surface area contributed by atoms with Crippen LogP contribution < -0.4 is 5.32 Å². The Balaban J connectivity index is 1.64. The van der Waals surface area contributed by atoms with E-state index in [-0.39, 0.29) is 25.0 Å². The summed E-state index contributed by atoms with van der Waals surface area (Å²) in [6, 6.07) is 6.74. The molecular weight excluding hydrogens is 419 g/mol. The Morgan fingerprint density at radius 1 is 1.00 bits per heavy atom. The minimum Gasteiger partial charge on any atom is -0.341 e. The van der Waals surface area contributed by atoms with Crippen LogP contribution in [0.3, 0.4) is 0 Å².